The Morgan fingerprint density at radius 3 is 1.97 bits per heavy atom. The zero-order valence-corrected chi connectivity index (χ0v) is 20.4. The molecule has 1 aromatic rings. The van der Waals surface area contributed by atoms with Crippen molar-refractivity contribution >= 4 is 0 Å². The summed E-state index contributed by atoms with van der Waals surface area (Å²) in [6, 6.07) is 8.43. The summed E-state index contributed by atoms with van der Waals surface area (Å²) < 4.78 is 5.94. The van der Waals surface area contributed by atoms with Gasteiger partial charge in [0.15, 0.2) is 0 Å². The molecule has 1 fully saturated rings. The Morgan fingerprint density at radius 2 is 1.48 bits per heavy atom. The lowest BCUT2D eigenvalue weighted by atomic mass is 9.72. The average molecular weight is 404 g/mol. The third-order valence-electron chi connectivity index (χ3n) is 6.48. The lowest BCUT2D eigenvalue weighted by Gasteiger charge is -2.53. The predicted molar refractivity (Wildman–Crippen MR) is 124 cm³/mol. The Hall–Kier alpha value is -1.06. The minimum absolute atomic E-state index is 0.114. The van der Waals surface area contributed by atoms with Crippen LogP contribution in [0, 0.1) is 5.41 Å². The van der Waals surface area contributed by atoms with Crippen LogP contribution in [0.3, 0.4) is 0 Å². The second kappa shape index (κ2) is 8.59. The molecule has 1 aromatic carbocycles. The molecule has 0 amide bonds. The maximum atomic E-state index is 10.7. The summed E-state index contributed by atoms with van der Waals surface area (Å²) in [4.78, 5) is 2.47. The lowest BCUT2D eigenvalue weighted by Crippen LogP contribution is -2.60. The van der Waals surface area contributed by atoms with Gasteiger partial charge in [-0.2, -0.15) is 0 Å². The summed E-state index contributed by atoms with van der Waals surface area (Å²) in [6.45, 7) is 21.6. The molecule has 0 radical (unpaired) electrons. The monoisotopic (exact) mass is 403 g/mol. The molecule has 166 valence electrons. The van der Waals surface area contributed by atoms with E-state index in [2.05, 4.69) is 79.3 Å². The molecule has 1 aliphatic heterocycles. The van der Waals surface area contributed by atoms with Gasteiger partial charge in [0.1, 0.15) is 18.5 Å². The fourth-order valence-corrected chi connectivity index (χ4v) is 5.42. The SMILES string of the molecule is CC(C)(C)CC(C)(C)c1ccc(OCC(O)CN2C(C)(C)CCCC2(C)C)cc1. The summed E-state index contributed by atoms with van der Waals surface area (Å²) in [5.74, 6) is 0.830. The second-order valence-electron chi connectivity index (χ2n) is 12.2. The van der Waals surface area contributed by atoms with Crippen LogP contribution in [0.15, 0.2) is 24.3 Å². The first-order valence-electron chi connectivity index (χ1n) is 11.3. The minimum atomic E-state index is -0.497. The number of nitrogens with zero attached hydrogens (tertiary/aromatic N) is 1. The highest BCUT2D eigenvalue weighted by Gasteiger charge is 2.41. The molecule has 0 bridgehead atoms. The van der Waals surface area contributed by atoms with Gasteiger partial charge in [-0.15, -0.1) is 0 Å². The van der Waals surface area contributed by atoms with Crippen molar-refractivity contribution < 1.29 is 9.84 Å². The molecule has 1 aliphatic rings. The van der Waals surface area contributed by atoms with E-state index >= 15 is 0 Å². The van der Waals surface area contributed by atoms with Gasteiger partial charge in [0, 0.05) is 17.6 Å². The molecule has 0 spiro atoms. The fourth-order valence-electron chi connectivity index (χ4n) is 5.42. The molecule has 0 aromatic heterocycles. The summed E-state index contributed by atoms with van der Waals surface area (Å²) in [5, 5.41) is 10.7. The van der Waals surface area contributed by atoms with E-state index in [4.69, 9.17) is 4.74 Å². The van der Waals surface area contributed by atoms with Crippen LogP contribution in [0.1, 0.15) is 93.6 Å². The van der Waals surface area contributed by atoms with Crippen LogP contribution in [0.5, 0.6) is 5.75 Å². The van der Waals surface area contributed by atoms with Crippen LogP contribution in [-0.4, -0.2) is 40.3 Å². The first kappa shape index (κ1) is 24.2. The Balaban J connectivity index is 1.94. The number of hydrogen-bond donors (Lipinski definition) is 1. The van der Waals surface area contributed by atoms with Crippen LogP contribution >= 0.6 is 0 Å². The van der Waals surface area contributed by atoms with Gasteiger partial charge in [-0.05, 0) is 81.9 Å². The number of aliphatic hydroxyl groups excluding tert-OH is 1. The van der Waals surface area contributed by atoms with E-state index in [-0.39, 0.29) is 16.5 Å². The molecule has 0 saturated carbocycles. The molecule has 29 heavy (non-hydrogen) atoms. The number of aliphatic hydroxyl groups is 1. The molecule has 1 unspecified atom stereocenters. The first-order chi connectivity index (χ1) is 13.1. The summed E-state index contributed by atoms with van der Waals surface area (Å²) in [6.07, 6.45) is 4.23. The molecular weight excluding hydrogens is 358 g/mol. The standard InChI is InChI=1S/C26H45NO2/c1-23(2,3)19-24(4,5)20-11-13-22(14-12-20)29-18-21(28)17-27-25(6,7)15-10-16-26(27,8)9/h11-14,21,28H,10,15-19H2,1-9H3. The number of hydrogen-bond acceptors (Lipinski definition) is 3. The number of likely N-dealkylation sites (tertiary alicyclic amines) is 1. The zero-order valence-electron chi connectivity index (χ0n) is 20.4. The van der Waals surface area contributed by atoms with Crippen LogP contribution in [0.25, 0.3) is 0 Å². The second-order valence-corrected chi connectivity index (χ2v) is 12.2. The molecule has 1 N–H and O–H groups in total. The normalized spacial score (nSPS) is 21.0. The molecule has 2 rings (SSSR count). The van der Waals surface area contributed by atoms with Crippen molar-refractivity contribution in [3.8, 4) is 5.75 Å². The predicted octanol–water partition coefficient (Wildman–Crippen LogP) is 6.18. The van der Waals surface area contributed by atoms with Gasteiger partial charge < -0.3 is 9.84 Å². The summed E-state index contributed by atoms with van der Waals surface area (Å²) in [7, 11) is 0. The molecule has 1 heterocycles. The highest BCUT2D eigenvalue weighted by molar-refractivity contribution is 5.31. The third kappa shape index (κ3) is 6.72. The van der Waals surface area contributed by atoms with Gasteiger partial charge in [-0.1, -0.05) is 46.8 Å². The van der Waals surface area contributed by atoms with Gasteiger partial charge >= 0.3 is 0 Å². The average Bonchev–Trinajstić information content (AvgIpc) is 2.54. The van der Waals surface area contributed by atoms with Gasteiger partial charge in [-0.3, -0.25) is 4.90 Å². The Bertz CT molecular complexity index is 636. The molecule has 3 nitrogen and oxygen atoms in total. The highest BCUT2D eigenvalue weighted by Crippen LogP contribution is 2.38. The van der Waals surface area contributed by atoms with Crippen molar-refractivity contribution in [3.05, 3.63) is 29.8 Å². The summed E-state index contributed by atoms with van der Waals surface area (Å²) >= 11 is 0. The first-order valence-corrected chi connectivity index (χ1v) is 11.3. The lowest BCUT2D eigenvalue weighted by molar-refractivity contribution is -0.0606. The Labute approximate surface area is 179 Å². The van der Waals surface area contributed by atoms with E-state index in [1.54, 1.807) is 0 Å². The number of ether oxygens (including phenoxy) is 1. The van der Waals surface area contributed by atoms with E-state index in [9.17, 15) is 5.11 Å². The maximum absolute atomic E-state index is 10.7. The van der Waals surface area contributed by atoms with Crippen LogP contribution in [0.4, 0.5) is 0 Å². The van der Waals surface area contributed by atoms with Crippen molar-refractivity contribution in [2.75, 3.05) is 13.2 Å². The van der Waals surface area contributed by atoms with E-state index < -0.39 is 6.10 Å². The molecule has 1 atom stereocenters. The van der Waals surface area contributed by atoms with Gasteiger partial charge in [0.05, 0.1) is 0 Å². The van der Waals surface area contributed by atoms with Crippen LogP contribution in [-0.2, 0) is 5.41 Å². The Kier molecular flexibility index (Phi) is 7.17. The van der Waals surface area contributed by atoms with Crippen molar-refractivity contribution in [1.82, 2.24) is 4.90 Å². The topological polar surface area (TPSA) is 32.7 Å². The van der Waals surface area contributed by atoms with Gasteiger partial charge in [0.25, 0.3) is 0 Å². The maximum Gasteiger partial charge on any atom is 0.119 e. The zero-order chi connectivity index (χ0) is 22.1. The quantitative estimate of drug-likeness (QED) is 0.590. The van der Waals surface area contributed by atoms with Crippen LogP contribution in [0.2, 0.25) is 0 Å². The van der Waals surface area contributed by atoms with Crippen molar-refractivity contribution in [1.29, 1.82) is 0 Å². The van der Waals surface area contributed by atoms with Gasteiger partial charge in [-0.25, -0.2) is 0 Å². The Morgan fingerprint density at radius 1 is 0.966 bits per heavy atom. The largest absolute Gasteiger partial charge is 0.491 e. The van der Waals surface area contributed by atoms with E-state index in [0.717, 1.165) is 12.2 Å². The van der Waals surface area contributed by atoms with Crippen molar-refractivity contribution in [3.63, 3.8) is 0 Å². The number of piperidine rings is 1. The minimum Gasteiger partial charge on any atom is -0.491 e. The van der Waals surface area contributed by atoms with Gasteiger partial charge in [0.2, 0.25) is 0 Å². The molecule has 0 aliphatic carbocycles. The van der Waals surface area contributed by atoms with Crippen molar-refractivity contribution in [2.24, 2.45) is 5.41 Å². The molecular formula is C26H45NO2. The van der Waals surface area contributed by atoms with E-state index in [1.807, 2.05) is 12.1 Å². The number of benzene rings is 1. The fraction of sp³-hybridized carbons (Fsp3) is 0.769. The number of rotatable bonds is 7. The van der Waals surface area contributed by atoms with E-state index in [1.165, 1.54) is 24.8 Å². The smallest absolute Gasteiger partial charge is 0.119 e. The van der Waals surface area contributed by atoms with Crippen LogP contribution < -0.4 is 4.74 Å². The van der Waals surface area contributed by atoms with E-state index in [0.29, 0.717) is 18.6 Å². The highest BCUT2D eigenvalue weighted by atomic mass is 16.5. The van der Waals surface area contributed by atoms with Crippen molar-refractivity contribution in [2.45, 2.75) is 111 Å². The number of β-amino-alcohol motifs (C(OH)–C–C–N with tert-alkyl or cyclic N) is 1. The molecule has 3 heteroatoms. The summed E-state index contributed by atoms with van der Waals surface area (Å²) in [5.41, 5.74) is 1.98. The third-order valence-corrected chi connectivity index (χ3v) is 6.48. The molecule has 1 saturated heterocycles.